The van der Waals surface area contributed by atoms with Gasteiger partial charge in [0.15, 0.2) is 24.3 Å². The van der Waals surface area contributed by atoms with Gasteiger partial charge < -0.3 is 23.8 Å². The Balaban J connectivity index is 1.21. The lowest BCUT2D eigenvalue weighted by molar-refractivity contribution is 0.0122. The van der Waals surface area contributed by atoms with Crippen molar-refractivity contribution in [1.29, 1.82) is 0 Å². The Bertz CT molecular complexity index is 1780. The molecule has 0 radical (unpaired) electrons. The average Bonchev–Trinajstić information content (AvgIpc) is 3.69. The van der Waals surface area contributed by atoms with Crippen molar-refractivity contribution >= 4 is 35.0 Å². The number of carbonyl (C=O) groups excluding carboxylic acids is 1. The Hall–Kier alpha value is -4.17. The SMILES string of the molecule is COCOc1cc(/C=C/c2nc(OC[C@@]34CCCN3C[C@H](F)C4)nc(N3C[C@H]4CC[C@@H](C3)N4C(=O)OC(C)(C)C)n2)c2c(F)c(F)ccc2c1. The fourth-order valence-electron chi connectivity index (χ4n) is 7.87. The zero-order valence-electron chi connectivity index (χ0n) is 28.8. The first kappa shape index (κ1) is 34.3. The van der Waals surface area contributed by atoms with Crippen LogP contribution in [0.3, 0.4) is 0 Å². The minimum Gasteiger partial charge on any atom is -0.468 e. The maximum absolute atomic E-state index is 15.2. The molecule has 50 heavy (non-hydrogen) atoms. The van der Waals surface area contributed by atoms with E-state index in [0.717, 1.165) is 38.3 Å². The van der Waals surface area contributed by atoms with E-state index in [1.54, 1.807) is 24.3 Å². The van der Waals surface area contributed by atoms with Crippen LogP contribution in [0, 0.1) is 11.6 Å². The van der Waals surface area contributed by atoms with E-state index in [1.807, 2.05) is 30.6 Å². The molecule has 0 unspecified atom stereocenters. The summed E-state index contributed by atoms with van der Waals surface area (Å²) >= 11 is 0. The predicted octanol–water partition coefficient (Wildman–Crippen LogP) is 6.00. The number of aromatic nitrogens is 3. The summed E-state index contributed by atoms with van der Waals surface area (Å²) in [6.45, 7) is 7.94. The van der Waals surface area contributed by atoms with Crippen molar-refractivity contribution < 1.29 is 36.9 Å². The van der Waals surface area contributed by atoms with Crippen molar-refractivity contribution in [3.8, 4) is 11.8 Å². The highest BCUT2D eigenvalue weighted by molar-refractivity contribution is 5.94. The Morgan fingerprint density at radius 2 is 1.82 bits per heavy atom. The number of ether oxygens (including phenoxy) is 4. The predicted molar refractivity (Wildman–Crippen MR) is 181 cm³/mol. The smallest absolute Gasteiger partial charge is 0.410 e. The quantitative estimate of drug-likeness (QED) is 0.248. The first-order chi connectivity index (χ1) is 23.9. The van der Waals surface area contributed by atoms with Gasteiger partial charge in [0.25, 0.3) is 0 Å². The molecule has 14 heteroatoms. The third-order valence-electron chi connectivity index (χ3n) is 9.99. The summed E-state index contributed by atoms with van der Waals surface area (Å²) in [7, 11) is 1.49. The Morgan fingerprint density at radius 3 is 2.56 bits per heavy atom. The van der Waals surface area contributed by atoms with E-state index in [-0.39, 0.29) is 48.8 Å². The van der Waals surface area contributed by atoms with E-state index in [2.05, 4.69) is 9.88 Å². The molecule has 268 valence electrons. The lowest BCUT2D eigenvalue weighted by Gasteiger charge is -2.41. The van der Waals surface area contributed by atoms with E-state index in [1.165, 1.54) is 13.2 Å². The summed E-state index contributed by atoms with van der Waals surface area (Å²) in [5.74, 6) is -0.950. The van der Waals surface area contributed by atoms with Crippen LogP contribution in [0.15, 0.2) is 24.3 Å². The Morgan fingerprint density at radius 1 is 1.04 bits per heavy atom. The van der Waals surface area contributed by atoms with E-state index >= 15 is 4.39 Å². The van der Waals surface area contributed by atoms with Crippen LogP contribution in [0.25, 0.3) is 22.9 Å². The van der Waals surface area contributed by atoms with Crippen molar-refractivity contribution in [2.75, 3.05) is 51.6 Å². The number of halogens is 3. The molecule has 4 fully saturated rings. The molecule has 2 bridgehead atoms. The summed E-state index contributed by atoms with van der Waals surface area (Å²) in [6, 6.07) is 5.67. The standard InChI is InChI=1S/C36H43F3N6O5/c1-35(2,3)50-34(46)45-25-8-9-26(45)19-43(18-25)32-40-29(41-33(42-32)48-20-36-12-5-13-44(36)17-24(37)16-36)11-7-23-15-27(49-21-47-4)14-22-6-10-28(38)31(39)30(22)23/h6-7,10-11,14-15,24-26H,5,8-9,12-13,16-21H2,1-4H3/b11-7+/t24-,25-,26+,36+/m1/s1. The number of hydrogen-bond donors (Lipinski definition) is 0. The van der Waals surface area contributed by atoms with E-state index in [9.17, 15) is 13.6 Å². The normalized spacial score (nSPS) is 25.1. The second kappa shape index (κ2) is 13.5. The number of anilines is 1. The number of piperazine rings is 1. The second-order valence-electron chi connectivity index (χ2n) is 14.7. The van der Waals surface area contributed by atoms with Gasteiger partial charge >= 0.3 is 12.1 Å². The number of rotatable bonds is 9. The van der Waals surface area contributed by atoms with Crippen LogP contribution in [-0.4, -0.2) is 107 Å². The first-order valence-electron chi connectivity index (χ1n) is 17.2. The molecular formula is C36H43F3N6O5. The molecule has 0 N–H and O–H groups in total. The van der Waals surface area contributed by atoms with Gasteiger partial charge in [-0.25, -0.2) is 18.0 Å². The summed E-state index contributed by atoms with van der Waals surface area (Å²) in [6.07, 6.45) is 5.78. The van der Waals surface area contributed by atoms with Crippen LogP contribution in [0.5, 0.6) is 11.8 Å². The highest BCUT2D eigenvalue weighted by atomic mass is 19.2. The molecule has 3 aromatic rings. The molecular weight excluding hydrogens is 653 g/mol. The highest BCUT2D eigenvalue weighted by Gasteiger charge is 2.49. The molecule has 4 atom stereocenters. The molecule has 0 aliphatic carbocycles. The van der Waals surface area contributed by atoms with Crippen LogP contribution in [0.2, 0.25) is 0 Å². The molecule has 4 aliphatic heterocycles. The summed E-state index contributed by atoms with van der Waals surface area (Å²) in [5.41, 5.74) is -0.677. The molecule has 5 heterocycles. The molecule has 2 aromatic carbocycles. The van der Waals surface area contributed by atoms with Gasteiger partial charge in [-0.2, -0.15) is 15.0 Å². The second-order valence-corrected chi connectivity index (χ2v) is 14.7. The minimum absolute atomic E-state index is 0.0267. The van der Waals surface area contributed by atoms with Crippen molar-refractivity contribution in [2.45, 2.75) is 82.3 Å². The maximum atomic E-state index is 15.2. The van der Waals surface area contributed by atoms with Crippen LogP contribution < -0.4 is 14.4 Å². The van der Waals surface area contributed by atoms with Crippen molar-refractivity contribution in [3.63, 3.8) is 0 Å². The van der Waals surface area contributed by atoms with Crippen molar-refractivity contribution in [3.05, 3.63) is 47.3 Å². The molecule has 1 amide bonds. The summed E-state index contributed by atoms with van der Waals surface area (Å²) < 4.78 is 66.7. The summed E-state index contributed by atoms with van der Waals surface area (Å²) in [5, 5.41) is 0.521. The number of hydrogen-bond acceptors (Lipinski definition) is 10. The number of carbonyl (C=O) groups is 1. The van der Waals surface area contributed by atoms with Crippen LogP contribution in [0.1, 0.15) is 64.3 Å². The zero-order valence-corrected chi connectivity index (χ0v) is 28.8. The van der Waals surface area contributed by atoms with Crippen molar-refractivity contribution in [1.82, 2.24) is 24.8 Å². The fourth-order valence-corrected chi connectivity index (χ4v) is 7.87. The number of fused-ring (bicyclic) bond motifs is 4. The molecule has 0 spiro atoms. The zero-order chi connectivity index (χ0) is 35.2. The third-order valence-corrected chi connectivity index (χ3v) is 9.99. The van der Waals surface area contributed by atoms with Gasteiger partial charge in [0.2, 0.25) is 5.95 Å². The lowest BCUT2D eigenvalue weighted by Crippen LogP contribution is -2.57. The lowest BCUT2D eigenvalue weighted by atomic mass is 9.95. The van der Waals surface area contributed by atoms with E-state index in [0.29, 0.717) is 48.7 Å². The van der Waals surface area contributed by atoms with Gasteiger partial charge in [-0.3, -0.25) is 9.80 Å². The number of amides is 1. The van der Waals surface area contributed by atoms with Gasteiger partial charge in [0, 0.05) is 38.6 Å². The van der Waals surface area contributed by atoms with Gasteiger partial charge in [0.05, 0.1) is 17.6 Å². The molecule has 4 aliphatic rings. The fraction of sp³-hybridized carbons (Fsp3) is 0.556. The monoisotopic (exact) mass is 696 g/mol. The minimum atomic E-state index is -0.984. The van der Waals surface area contributed by atoms with Gasteiger partial charge in [0.1, 0.15) is 24.1 Å². The number of methoxy groups -OCH3 is 1. The molecule has 1 aromatic heterocycles. The summed E-state index contributed by atoms with van der Waals surface area (Å²) in [4.78, 5) is 33.2. The first-order valence-corrected chi connectivity index (χ1v) is 17.2. The Labute approximate surface area is 289 Å². The largest absolute Gasteiger partial charge is 0.468 e. The van der Waals surface area contributed by atoms with E-state index < -0.39 is 28.9 Å². The van der Waals surface area contributed by atoms with E-state index in [4.69, 9.17) is 28.9 Å². The topological polar surface area (TPSA) is 102 Å². The molecule has 11 nitrogen and oxygen atoms in total. The molecule has 4 saturated heterocycles. The van der Waals surface area contributed by atoms with Gasteiger partial charge in [-0.15, -0.1) is 0 Å². The van der Waals surface area contributed by atoms with Crippen LogP contribution in [-0.2, 0) is 9.47 Å². The van der Waals surface area contributed by atoms with Crippen LogP contribution in [0.4, 0.5) is 23.9 Å². The van der Waals surface area contributed by atoms with Crippen molar-refractivity contribution in [2.24, 2.45) is 0 Å². The van der Waals surface area contributed by atoms with Gasteiger partial charge in [-0.05, 0) is 88.2 Å². The highest BCUT2D eigenvalue weighted by Crippen LogP contribution is 2.40. The molecule has 0 saturated carbocycles. The Kier molecular flexibility index (Phi) is 9.27. The molecule has 7 rings (SSSR count). The average molecular weight is 697 g/mol. The maximum Gasteiger partial charge on any atom is 0.410 e. The van der Waals surface area contributed by atoms with Gasteiger partial charge in [-0.1, -0.05) is 12.1 Å². The number of benzene rings is 2. The number of alkyl halides is 1. The van der Waals surface area contributed by atoms with Crippen LogP contribution >= 0.6 is 0 Å². The third kappa shape index (κ3) is 6.91. The number of nitrogens with zero attached hydrogens (tertiary/aromatic N) is 6.